The summed E-state index contributed by atoms with van der Waals surface area (Å²) in [4.78, 5) is 4.11. The summed E-state index contributed by atoms with van der Waals surface area (Å²) in [6, 6.07) is 0. The van der Waals surface area contributed by atoms with Crippen molar-refractivity contribution in [2.75, 3.05) is 6.54 Å². The van der Waals surface area contributed by atoms with Crippen molar-refractivity contribution >= 4 is 0 Å². The zero-order valence-corrected chi connectivity index (χ0v) is 8.85. The van der Waals surface area contributed by atoms with Gasteiger partial charge in [0.25, 0.3) is 0 Å². The van der Waals surface area contributed by atoms with Crippen molar-refractivity contribution in [1.29, 1.82) is 0 Å². The SMILES string of the molecule is Cc1cnc(CNCC(C)(C)C)o1. The maximum Gasteiger partial charge on any atom is 0.208 e. The van der Waals surface area contributed by atoms with Gasteiger partial charge in [0.2, 0.25) is 5.89 Å². The van der Waals surface area contributed by atoms with Crippen molar-refractivity contribution in [3.05, 3.63) is 17.8 Å². The summed E-state index contributed by atoms with van der Waals surface area (Å²) in [7, 11) is 0. The molecule has 0 aliphatic carbocycles. The Morgan fingerprint density at radius 3 is 2.62 bits per heavy atom. The molecule has 1 aromatic heterocycles. The molecule has 0 fully saturated rings. The monoisotopic (exact) mass is 182 g/mol. The first-order valence-corrected chi connectivity index (χ1v) is 4.59. The number of hydrogen-bond donors (Lipinski definition) is 1. The molecule has 0 radical (unpaired) electrons. The van der Waals surface area contributed by atoms with Crippen molar-refractivity contribution in [2.24, 2.45) is 5.41 Å². The molecular weight excluding hydrogens is 164 g/mol. The molecule has 0 bridgehead atoms. The number of hydrogen-bond acceptors (Lipinski definition) is 3. The maximum absolute atomic E-state index is 5.32. The minimum Gasteiger partial charge on any atom is -0.445 e. The van der Waals surface area contributed by atoms with E-state index in [1.165, 1.54) is 0 Å². The predicted molar refractivity (Wildman–Crippen MR) is 52.4 cm³/mol. The van der Waals surface area contributed by atoms with E-state index < -0.39 is 0 Å². The lowest BCUT2D eigenvalue weighted by Gasteiger charge is -2.17. The fraction of sp³-hybridized carbons (Fsp3) is 0.700. The van der Waals surface area contributed by atoms with E-state index in [1.54, 1.807) is 6.20 Å². The topological polar surface area (TPSA) is 38.1 Å². The van der Waals surface area contributed by atoms with Crippen LogP contribution in [-0.2, 0) is 6.54 Å². The highest BCUT2D eigenvalue weighted by Gasteiger charge is 2.09. The van der Waals surface area contributed by atoms with E-state index >= 15 is 0 Å². The van der Waals surface area contributed by atoms with Crippen LogP contribution in [0.4, 0.5) is 0 Å². The highest BCUT2D eigenvalue weighted by Crippen LogP contribution is 2.10. The van der Waals surface area contributed by atoms with Crippen LogP contribution in [0.3, 0.4) is 0 Å². The minimum atomic E-state index is 0.307. The first kappa shape index (κ1) is 10.3. The summed E-state index contributed by atoms with van der Waals surface area (Å²) in [5, 5.41) is 3.30. The van der Waals surface area contributed by atoms with Crippen LogP contribution in [0.15, 0.2) is 10.6 Å². The molecule has 0 unspecified atom stereocenters. The minimum absolute atomic E-state index is 0.307. The van der Waals surface area contributed by atoms with Gasteiger partial charge in [0.05, 0.1) is 12.7 Å². The largest absolute Gasteiger partial charge is 0.445 e. The van der Waals surface area contributed by atoms with Gasteiger partial charge in [-0.25, -0.2) is 4.98 Å². The Morgan fingerprint density at radius 1 is 1.46 bits per heavy atom. The zero-order valence-electron chi connectivity index (χ0n) is 8.85. The van der Waals surface area contributed by atoms with Gasteiger partial charge in [-0.2, -0.15) is 0 Å². The molecule has 0 atom stereocenters. The Kier molecular flexibility index (Phi) is 3.09. The quantitative estimate of drug-likeness (QED) is 0.778. The van der Waals surface area contributed by atoms with Crippen molar-refractivity contribution in [2.45, 2.75) is 34.2 Å². The Morgan fingerprint density at radius 2 is 2.15 bits per heavy atom. The standard InChI is InChI=1S/C10H18N2O/c1-8-5-12-9(13-8)6-11-7-10(2,3)4/h5,11H,6-7H2,1-4H3. The van der Waals surface area contributed by atoms with Crippen LogP contribution in [0.25, 0.3) is 0 Å². The Labute approximate surface area is 79.5 Å². The third-order valence-electron chi connectivity index (χ3n) is 1.60. The second kappa shape index (κ2) is 3.92. The average molecular weight is 182 g/mol. The smallest absolute Gasteiger partial charge is 0.208 e. The number of aromatic nitrogens is 1. The fourth-order valence-corrected chi connectivity index (χ4v) is 1.03. The molecule has 0 saturated heterocycles. The first-order chi connectivity index (χ1) is 5.97. The van der Waals surface area contributed by atoms with Crippen molar-refractivity contribution in [3.63, 3.8) is 0 Å². The van der Waals surface area contributed by atoms with E-state index in [4.69, 9.17) is 4.42 Å². The van der Waals surface area contributed by atoms with Crippen LogP contribution < -0.4 is 5.32 Å². The molecule has 13 heavy (non-hydrogen) atoms. The van der Waals surface area contributed by atoms with Gasteiger partial charge in [0.1, 0.15) is 5.76 Å². The van der Waals surface area contributed by atoms with Gasteiger partial charge in [-0.1, -0.05) is 20.8 Å². The van der Waals surface area contributed by atoms with Crippen LogP contribution in [0, 0.1) is 12.3 Å². The summed E-state index contributed by atoms with van der Waals surface area (Å²) >= 11 is 0. The second-order valence-electron chi connectivity index (χ2n) is 4.53. The number of oxazole rings is 1. The Bertz CT molecular complexity index is 260. The second-order valence-corrected chi connectivity index (χ2v) is 4.53. The molecule has 1 rings (SSSR count). The molecule has 3 heteroatoms. The Hall–Kier alpha value is -0.830. The van der Waals surface area contributed by atoms with E-state index in [1.807, 2.05) is 6.92 Å². The van der Waals surface area contributed by atoms with Gasteiger partial charge in [0.15, 0.2) is 0 Å². The molecule has 3 nitrogen and oxygen atoms in total. The molecule has 0 saturated carbocycles. The number of nitrogens with zero attached hydrogens (tertiary/aromatic N) is 1. The highest BCUT2D eigenvalue weighted by molar-refractivity contribution is 4.90. The Balaban J connectivity index is 2.28. The lowest BCUT2D eigenvalue weighted by atomic mass is 9.97. The molecule has 74 valence electrons. The van der Waals surface area contributed by atoms with E-state index in [2.05, 4.69) is 31.1 Å². The lowest BCUT2D eigenvalue weighted by molar-refractivity contribution is 0.361. The number of aryl methyl sites for hydroxylation is 1. The molecule has 1 heterocycles. The molecule has 1 N–H and O–H groups in total. The molecule has 0 amide bonds. The van der Waals surface area contributed by atoms with Gasteiger partial charge in [0, 0.05) is 6.54 Å². The van der Waals surface area contributed by atoms with Crippen LogP contribution in [0.5, 0.6) is 0 Å². The van der Waals surface area contributed by atoms with E-state index in [0.29, 0.717) is 12.0 Å². The highest BCUT2D eigenvalue weighted by atomic mass is 16.4. The third-order valence-corrected chi connectivity index (χ3v) is 1.60. The predicted octanol–water partition coefficient (Wildman–Crippen LogP) is 2.12. The summed E-state index contributed by atoms with van der Waals surface area (Å²) in [5.74, 6) is 1.63. The molecular formula is C10H18N2O. The van der Waals surface area contributed by atoms with Crippen molar-refractivity contribution < 1.29 is 4.42 Å². The lowest BCUT2D eigenvalue weighted by Crippen LogP contribution is -2.26. The van der Waals surface area contributed by atoms with Gasteiger partial charge in [-0.15, -0.1) is 0 Å². The molecule has 0 aromatic carbocycles. The number of rotatable bonds is 3. The van der Waals surface area contributed by atoms with Crippen molar-refractivity contribution in [3.8, 4) is 0 Å². The third kappa shape index (κ3) is 4.08. The van der Waals surface area contributed by atoms with E-state index in [0.717, 1.165) is 18.2 Å². The molecule has 1 aromatic rings. The molecule has 0 aliphatic heterocycles. The van der Waals surface area contributed by atoms with E-state index in [-0.39, 0.29) is 0 Å². The fourth-order valence-electron chi connectivity index (χ4n) is 1.03. The summed E-state index contributed by atoms with van der Waals surface area (Å²) in [6.45, 7) is 10.2. The van der Waals surface area contributed by atoms with Gasteiger partial charge >= 0.3 is 0 Å². The summed E-state index contributed by atoms with van der Waals surface area (Å²) in [6.07, 6.45) is 1.74. The maximum atomic E-state index is 5.32. The van der Waals surface area contributed by atoms with Gasteiger partial charge < -0.3 is 9.73 Å². The summed E-state index contributed by atoms with van der Waals surface area (Å²) in [5.41, 5.74) is 0.307. The average Bonchev–Trinajstić information content (AvgIpc) is 2.33. The number of nitrogens with one attached hydrogen (secondary N) is 1. The van der Waals surface area contributed by atoms with Crippen LogP contribution >= 0.6 is 0 Å². The summed E-state index contributed by atoms with van der Waals surface area (Å²) < 4.78 is 5.32. The van der Waals surface area contributed by atoms with Crippen molar-refractivity contribution in [1.82, 2.24) is 10.3 Å². The van der Waals surface area contributed by atoms with Crippen LogP contribution in [0.1, 0.15) is 32.4 Å². The molecule has 0 aliphatic rings. The van der Waals surface area contributed by atoms with Gasteiger partial charge in [-0.05, 0) is 12.3 Å². The van der Waals surface area contributed by atoms with E-state index in [9.17, 15) is 0 Å². The first-order valence-electron chi connectivity index (χ1n) is 4.59. The molecule has 0 spiro atoms. The van der Waals surface area contributed by atoms with Gasteiger partial charge in [-0.3, -0.25) is 0 Å². The normalized spacial score (nSPS) is 12.0. The van der Waals surface area contributed by atoms with Crippen LogP contribution in [-0.4, -0.2) is 11.5 Å². The van der Waals surface area contributed by atoms with Crippen LogP contribution in [0.2, 0.25) is 0 Å². The zero-order chi connectivity index (χ0) is 9.90.